The van der Waals surface area contributed by atoms with E-state index in [1.807, 2.05) is 25.1 Å². The van der Waals surface area contributed by atoms with Gasteiger partial charge in [0, 0.05) is 18.8 Å². The number of carbonyl (C=O) groups excluding carboxylic acids is 2. The van der Waals surface area contributed by atoms with Crippen molar-refractivity contribution in [3.05, 3.63) is 78.1 Å². The number of halogens is 1. The zero-order valence-corrected chi connectivity index (χ0v) is 15.4. The number of nitrogens with zero attached hydrogens (tertiary/aromatic N) is 1. The molecule has 5 nitrogen and oxygen atoms in total. The first-order chi connectivity index (χ1) is 13.0. The van der Waals surface area contributed by atoms with Crippen LogP contribution in [0.2, 0.25) is 0 Å². The molecule has 3 amide bonds. The molecule has 0 aliphatic rings. The summed E-state index contributed by atoms with van der Waals surface area (Å²) in [5.74, 6) is -0.402. The lowest BCUT2D eigenvalue weighted by Crippen LogP contribution is -2.39. The van der Waals surface area contributed by atoms with Crippen molar-refractivity contribution in [1.29, 1.82) is 0 Å². The number of hydrogen-bond acceptors (Lipinski definition) is 2. The minimum absolute atomic E-state index is 0.0733. The fourth-order valence-electron chi connectivity index (χ4n) is 2.59. The van der Waals surface area contributed by atoms with Gasteiger partial charge < -0.3 is 10.6 Å². The van der Waals surface area contributed by atoms with Gasteiger partial charge in [-0.15, -0.1) is 6.58 Å². The predicted octanol–water partition coefficient (Wildman–Crippen LogP) is 3.41. The van der Waals surface area contributed by atoms with Gasteiger partial charge in [-0.25, -0.2) is 9.18 Å². The molecule has 0 fully saturated rings. The van der Waals surface area contributed by atoms with Gasteiger partial charge in [-0.05, 0) is 42.3 Å². The molecule has 0 spiro atoms. The highest BCUT2D eigenvalue weighted by molar-refractivity contribution is 5.92. The van der Waals surface area contributed by atoms with E-state index in [4.69, 9.17) is 0 Å². The van der Waals surface area contributed by atoms with Crippen LogP contribution < -0.4 is 15.5 Å². The van der Waals surface area contributed by atoms with Gasteiger partial charge in [0.1, 0.15) is 5.82 Å². The third kappa shape index (κ3) is 6.26. The van der Waals surface area contributed by atoms with Crippen molar-refractivity contribution >= 4 is 17.6 Å². The zero-order chi connectivity index (χ0) is 19.6. The topological polar surface area (TPSA) is 61.4 Å². The molecule has 0 atom stereocenters. The number of rotatable bonds is 8. The molecule has 0 bridgehead atoms. The molecule has 6 heteroatoms. The van der Waals surface area contributed by atoms with Gasteiger partial charge in [-0.3, -0.25) is 9.69 Å². The van der Waals surface area contributed by atoms with Gasteiger partial charge in [0.05, 0.1) is 13.0 Å². The maximum atomic E-state index is 13.2. The van der Waals surface area contributed by atoms with Crippen LogP contribution in [0, 0.1) is 5.82 Å². The Bertz CT molecular complexity index is 790. The summed E-state index contributed by atoms with van der Waals surface area (Å²) in [7, 11) is 0. The van der Waals surface area contributed by atoms with Crippen LogP contribution in [0.4, 0.5) is 14.9 Å². The second-order valence-corrected chi connectivity index (χ2v) is 5.99. The molecule has 27 heavy (non-hydrogen) atoms. The Balaban J connectivity index is 2.26. The number of benzene rings is 2. The van der Waals surface area contributed by atoms with Crippen LogP contribution in [0.5, 0.6) is 0 Å². The van der Waals surface area contributed by atoms with Crippen molar-refractivity contribution in [2.24, 2.45) is 0 Å². The largest absolute Gasteiger partial charge is 0.356 e. The smallest absolute Gasteiger partial charge is 0.322 e. The quantitative estimate of drug-likeness (QED) is 0.701. The molecular weight excluding hydrogens is 345 g/mol. The van der Waals surface area contributed by atoms with Crippen LogP contribution in [0.25, 0.3) is 0 Å². The van der Waals surface area contributed by atoms with Gasteiger partial charge in [-0.2, -0.15) is 0 Å². The summed E-state index contributed by atoms with van der Waals surface area (Å²) < 4.78 is 13.2. The molecule has 2 aromatic carbocycles. The first-order valence-electron chi connectivity index (χ1n) is 8.79. The molecule has 0 aromatic heterocycles. The Morgan fingerprint density at radius 3 is 2.52 bits per heavy atom. The van der Waals surface area contributed by atoms with Gasteiger partial charge in [0.25, 0.3) is 0 Å². The van der Waals surface area contributed by atoms with E-state index in [1.165, 1.54) is 12.1 Å². The van der Waals surface area contributed by atoms with E-state index in [2.05, 4.69) is 17.2 Å². The van der Waals surface area contributed by atoms with E-state index < -0.39 is 0 Å². The molecule has 0 heterocycles. The average Bonchev–Trinajstić information content (AvgIpc) is 2.66. The highest BCUT2D eigenvalue weighted by atomic mass is 19.1. The Morgan fingerprint density at radius 1 is 1.11 bits per heavy atom. The second-order valence-electron chi connectivity index (χ2n) is 5.99. The lowest BCUT2D eigenvalue weighted by molar-refractivity contribution is -0.120. The summed E-state index contributed by atoms with van der Waals surface area (Å²) >= 11 is 0. The summed E-state index contributed by atoms with van der Waals surface area (Å²) in [4.78, 5) is 26.0. The fraction of sp³-hybridized carbons (Fsp3) is 0.238. The summed E-state index contributed by atoms with van der Waals surface area (Å²) in [5.41, 5.74) is 2.25. The number of nitrogens with one attached hydrogen (secondary N) is 2. The molecule has 2 N–H and O–H groups in total. The first-order valence-corrected chi connectivity index (χ1v) is 8.79. The number of anilines is 1. The highest BCUT2D eigenvalue weighted by Gasteiger charge is 2.16. The monoisotopic (exact) mass is 369 g/mol. The minimum Gasteiger partial charge on any atom is -0.356 e. The van der Waals surface area contributed by atoms with E-state index in [-0.39, 0.29) is 30.7 Å². The molecule has 0 unspecified atom stereocenters. The van der Waals surface area contributed by atoms with Crippen molar-refractivity contribution in [3.63, 3.8) is 0 Å². The van der Waals surface area contributed by atoms with Crippen LogP contribution in [0.3, 0.4) is 0 Å². The maximum absolute atomic E-state index is 13.2. The molecule has 2 rings (SSSR count). The van der Waals surface area contributed by atoms with Crippen LogP contribution in [-0.2, 0) is 17.8 Å². The van der Waals surface area contributed by atoms with Crippen LogP contribution in [0.1, 0.15) is 18.1 Å². The number of urea groups is 1. The predicted molar refractivity (Wildman–Crippen MR) is 105 cm³/mol. The van der Waals surface area contributed by atoms with Crippen LogP contribution in [0.15, 0.2) is 61.2 Å². The number of likely N-dealkylation sites (N-methyl/N-ethyl adjacent to an activating group) is 1. The summed E-state index contributed by atoms with van der Waals surface area (Å²) in [6.45, 7) is 6.64. The average molecular weight is 369 g/mol. The molecule has 0 radical (unpaired) electrons. The summed E-state index contributed by atoms with van der Waals surface area (Å²) in [6, 6.07) is 13.0. The van der Waals surface area contributed by atoms with Crippen molar-refractivity contribution < 1.29 is 14.0 Å². The highest BCUT2D eigenvalue weighted by Crippen LogP contribution is 2.20. The van der Waals surface area contributed by atoms with Crippen molar-refractivity contribution in [2.45, 2.75) is 19.9 Å². The lowest BCUT2D eigenvalue weighted by Gasteiger charge is -2.24. The molecule has 2 aromatic rings. The van der Waals surface area contributed by atoms with Crippen LogP contribution in [-0.4, -0.2) is 25.0 Å². The zero-order valence-electron chi connectivity index (χ0n) is 15.4. The molecule has 0 aliphatic carbocycles. The minimum atomic E-state index is -0.328. The third-order valence-electron chi connectivity index (χ3n) is 3.86. The van der Waals surface area contributed by atoms with Gasteiger partial charge in [0.15, 0.2) is 0 Å². The Labute approximate surface area is 158 Å². The Hall–Kier alpha value is -3.15. The van der Waals surface area contributed by atoms with Gasteiger partial charge in [0.2, 0.25) is 5.91 Å². The van der Waals surface area contributed by atoms with Crippen molar-refractivity contribution in [3.8, 4) is 0 Å². The number of hydrogen-bond donors (Lipinski definition) is 2. The van der Waals surface area contributed by atoms with E-state index in [0.29, 0.717) is 18.8 Å². The first kappa shape index (κ1) is 20.2. The fourth-order valence-corrected chi connectivity index (χ4v) is 2.59. The second kappa shape index (κ2) is 10.1. The van der Waals surface area contributed by atoms with Crippen molar-refractivity contribution in [1.82, 2.24) is 10.6 Å². The number of amides is 3. The van der Waals surface area contributed by atoms with Gasteiger partial charge in [-0.1, -0.05) is 30.3 Å². The van der Waals surface area contributed by atoms with E-state index in [0.717, 1.165) is 11.1 Å². The Morgan fingerprint density at radius 2 is 1.85 bits per heavy atom. The lowest BCUT2D eigenvalue weighted by atomic mass is 10.1. The summed E-state index contributed by atoms with van der Waals surface area (Å²) in [5, 5.41) is 5.52. The molecule has 0 saturated carbocycles. The maximum Gasteiger partial charge on any atom is 0.322 e. The normalized spacial score (nSPS) is 10.1. The molecule has 142 valence electrons. The van der Waals surface area contributed by atoms with Crippen LogP contribution >= 0.6 is 0 Å². The molecule has 0 aliphatic heterocycles. The van der Waals surface area contributed by atoms with Gasteiger partial charge >= 0.3 is 6.03 Å². The van der Waals surface area contributed by atoms with E-state index in [9.17, 15) is 14.0 Å². The van der Waals surface area contributed by atoms with E-state index in [1.54, 1.807) is 29.2 Å². The third-order valence-corrected chi connectivity index (χ3v) is 3.86. The van der Waals surface area contributed by atoms with Crippen molar-refractivity contribution in [2.75, 3.05) is 18.0 Å². The molecule has 0 saturated heterocycles. The standard InChI is InChI=1S/C21H24FN3O2/c1-3-12-24-21(27)25(15-16-8-10-18(22)11-9-16)19-7-5-6-17(13-19)14-20(26)23-4-2/h3,5-11,13H,1,4,12,14-15H2,2H3,(H,23,26)(H,24,27). The Kier molecular flexibility index (Phi) is 7.55. The molecular formula is C21H24FN3O2. The van der Waals surface area contributed by atoms with E-state index >= 15 is 0 Å². The summed E-state index contributed by atoms with van der Waals surface area (Å²) in [6.07, 6.45) is 1.83. The number of carbonyl (C=O) groups is 2. The SMILES string of the molecule is C=CCNC(=O)N(Cc1ccc(F)cc1)c1cccc(CC(=O)NCC)c1.